The van der Waals surface area contributed by atoms with Gasteiger partial charge in [0, 0.05) is 6.61 Å². The van der Waals surface area contributed by atoms with Gasteiger partial charge in [-0.1, -0.05) is 0 Å². The van der Waals surface area contributed by atoms with Gasteiger partial charge in [0.25, 0.3) is 0 Å². The maximum absolute atomic E-state index is 7.57. The molecule has 0 spiro atoms. The van der Waals surface area contributed by atoms with Crippen LogP contribution in [0.15, 0.2) is 0 Å². The summed E-state index contributed by atoms with van der Waals surface area (Å²) in [5.41, 5.74) is 0. The quantitative estimate of drug-likeness (QED) is 0.727. The molecule has 0 radical (unpaired) electrons. The van der Waals surface area contributed by atoms with Crippen LogP contribution in [-0.2, 0) is 14.9 Å². The second kappa shape index (κ2) is 16.5. The van der Waals surface area contributed by atoms with Crippen molar-refractivity contribution in [2.75, 3.05) is 6.61 Å². The van der Waals surface area contributed by atoms with E-state index in [-0.39, 0.29) is 6.61 Å². The van der Waals surface area contributed by atoms with Gasteiger partial charge in [-0.25, -0.2) is 0 Å². The van der Waals surface area contributed by atoms with Crippen LogP contribution in [0.2, 0.25) is 0 Å². The van der Waals surface area contributed by atoms with Crippen molar-refractivity contribution in [3.63, 3.8) is 0 Å². The van der Waals surface area contributed by atoms with Crippen LogP contribution in [0.5, 0.6) is 0 Å². The minimum atomic E-state index is -0.583. The third-order valence-electron chi connectivity index (χ3n) is 0. The summed E-state index contributed by atoms with van der Waals surface area (Å²) >= 11 is -0.583. The Hall–Kier alpha value is 1.09. The van der Waals surface area contributed by atoms with E-state index in [1.807, 2.05) is 0 Å². The summed E-state index contributed by atoms with van der Waals surface area (Å²) in [5.74, 6) is 0. The van der Waals surface area contributed by atoms with Gasteiger partial charge in [0.1, 0.15) is 0 Å². The van der Waals surface area contributed by atoms with Crippen LogP contribution in [0.3, 0.4) is 0 Å². The number of hydrogen-bond acceptors (Lipinski definition) is 3. The van der Waals surface area contributed by atoms with Crippen molar-refractivity contribution in [1.29, 1.82) is 0 Å². The molecule has 0 aliphatic heterocycles. The molecule has 0 aromatic carbocycles. The molecular weight excluding hydrogens is 288 g/mol. The van der Waals surface area contributed by atoms with E-state index in [0.29, 0.717) is 0 Å². The molecule has 0 atom stereocenters. The van der Waals surface area contributed by atoms with Gasteiger partial charge in [0.05, 0.1) is 0 Å². The topological polar surface area (TPSA) is 20.2 Å². The summed E-state index contributed by atoms with van der Waals surface area (Å²) < 4.78 is 0. The first-order valence-corrected chi connectivity index (χ1v) is 9.21. The summed E-state index contributed by atoms with van der Waals surface area (Å²) in [6.07, 6.45) is 0. The Bertz CT molecular complexity index is 40.8. The molecule has 4 heteroatoms. The van der Waals surface area contributed by atoms with E-state index < -0.39 is 14.9 Å². The zero-order valence-electron chi connectivity index (χ0n) is 3.38. The van der Waals surface area contributed by atoms with Gasteiger partial charge >= 0.3 is 34.6 Å². The molecule has 0 rings (SSSR count). The molecule has 0 unspecified atom stereocenters. The molecule has 6 heavy (non-hydrogen) atoms. The van der Waals surface area contributed by atoms with E-state index in [9.17, 15) is 0 Å². The van der Waals surface area contributed by atoms with Crippen LogP contribution in [0.1, 0.15) is 6.92 Å². The van der Waals surface area contributed by atoms with Gasteiger partial charge in [-0.2, -0.15) is 0 Å². The molecule has 0 aromatic rings. The normalized spacial score (nSPS) is 5.00. The summed E-state index contributed by atoms with van der Waals surface area (Å²) in [4.78, 5) is 0. The van der Waals surface area contributed by atoms with E-state index in [1.54, 1.807) is 6.92 Å². The molecule has 1 nitrogen and oxygen atoms in total. The van der Waals surface area contributed by atoms with Crippen molar-refractivity contribution in [2.45, 2.75) is 6.92 Å². The van der Waals surface area contributed by atoms with E-state index >= 15 is 0 Å². The molecule has 0 aliphatic rings. The standard InChI is InChI=1S/C2H6O.2S.W/c1-2-3;;;/h3H,2H2,1H3;;;. The zero-order chi connectivity index (χ0) is 5.41. The Morgan fingerprint density at radius 2 is 1.67 bits per heavy atom. The van der Waals surface area contributed by atoms with Crippen LogP contribution < -0.4 is 0 Å². The average molecular weight is 294 g/mol. The Morgan fingerprint density at radius 1 is 1.67 bits per heavy atom. The first-order valence-electron chi connectivity index (χ1n) is 1.36. The monoisotopic (exact) mass is 294 g/mol. The van der Waals surface area contributed by atoms with Crippen molar-refractivity contribution < 1.29 is 20.0 Å². The predicted octanol–water partition coefficient (Wildman–Crippen LogP) is 1.29. The van der Waals surface area contributed by atoms with Crippen molar-refractivity contribution in [1.82, 2.24) is 0 Å². The third-order valence-corrected chi connectivity index (χ3v) is 0. The molecule has 38 valence electrons. The van der Waals surface area contributed by atoms with Crippen LogP contribution in [0.25, 0.3) is 0 Å². The molecule has 0 bridgehead atoms. The van der Waals surface area contributed by atoms with Gasteiger partial charge in [-0.3, -0.25) is 0 Å². The number of aliphatic hydroxyl groups excluding tert-OH is 1. The Morgan fingerprint density at radius 3 is 1.67 bits per heavy atom. The Kier molecular flexibility index (Phi) is 28.0. The molecule has 0 fully saturated rings. The van der Waals surface area contributed by atoms with Crippen molar-refractivity contribution in [3.05, 3.63) is 0 Å². The number of rotatable bonds is 0. The zero-order valence-corrected chi connectivity index (χ0v) is 7.95. The van der Waals surface area contributed by atoms with Gasteiger partial charge in [0.2, 0.25) is 0 Å². The van der Waals surface area contributed by atoms with Crippen molar-refractivity contribution in [3.8, 4) is 0 Å². The molecule has 0 saturated carbocycles. The van der Waals surface area contributed by atoms with Gasteiger partial charge in [-0.05, 0) is 6.92 Å². The van der Waals surface area contributed by atoms with Crippen molar-refractivity contribution in [2.24, 2.45) is 0 Å². The predicted molar refractivity (Wildman–Crippen MR) is 27.9 cm³/mol. The summed E-state index contributed by atoms with van der Waals surface area (Å²) in [7, 11) is 8.75. The fourth-order valence-corrected chi connectivity index (χ4v) is 0. The van der Waals surface area contributed by atoms with Crippen LogP contribution in [0.4, 0.5) is 0 Å². The molecule has 0 amide bonds. The molecule has 0 heterocycles. The second-order valence-corrected chi connectivity index (χ2v) is 5.33. The van der Waals surface area contributed by atoms with Gasteiger partial charge in [-0.15, -0.1) is 0 Å². The van der Waals surface area contributed by atoms with Gasteiger partial charge < -0.3 is 5.11 Å². The SMILES string of the molecule is CCO.[S]=[W]=[S]. The third kappa shape index (κ3) is 71.8. The van der Waals surface area contributed by atoms with E-state index in [1.165, 1.54) is 0 Å². The fourth-order valence-electron chi connectivity index (χ4n) is 0. The first-order chi connectivity index (χ1) is 2.83. The first kappa shape index (κ1) is 10.1. The Labute approximate surface area is 53.2 Å². The minimum absolute atomic E-state index is 0.250. The summed E-state index contributed by atoms with van der Waals surface area (Å²) in [6.45, 7) is 1.93. The average Bonchev–Trinajstić information content (AvgIpc) is 1.39. The molecule has 1 N–H and O–H groups in total. The van der Waals surface area contributed by atoms with Crippen molar-refractivity contribution >= 4 is 19.6 Å². The van der Waals surface area contributed by atoms with Gasteiger partial charge in [0.15, 0.2) is 0 Å². The summed E-state index contributed by atoms with van der Waals surface area (Å²) in [5, 5.41) is 7.57. The maximum atomic E-state index is 7.57. The Balaban J connectivity index is 0. The second-order valence-electron chi connectivity index (χ2n) is 0.384. The molecule has 0 aromatic heterocycles. The van der Waals surface area contributed by atoms with E-state index in [4.69, 9.17) is 5.11 Å². The van der Waals surface area contributed by atoms with Crippen LogP contribution in [-0.4, -0.2) is 11.7 Å². The number of hydrogen-bond donors (Lipinski definition) is 1. The van der Waals surface area contributed by atoms with Crippen LogP contribution >= 0.6 is 19.6 Å². The summed E-state index contributed by atoms with van der Waals surface area (Å²) in [6, 6.07) is 0. The van der Waals surface area contributed by atoms with E-state index in [0.717, 1.165) is 0 Å². The fraction of sp³-hybridized carbons (Fsp3) is 1.00. The number of aliphatic hydroxyl groups is 1. The molecule has 0 aliphatic carbocycles. The van der Waals surface area contributed by atoms with E-state index in [2.05, 4.69) is 19.6 Å². The molecular formula is C2H6OS2W. The van der Waals surface area contributed by atoms with Crippen LogP contribution in [0, 0.1) is 0 Å². The molecule has 0 saturated heterocycles.